The number of carbonyl (C=O) groups is 1. The third-order valence-corrected chi connectivity index (χ3v) is 5.15. The highest BCUT2D eigenvalue weighted by Crippen LogP contribution is 2.37. The normalized spacial score (nSPS) is 19.6. The van der Waals surface area contributed by atoms with Crippen molar-refractivity contribution in [1.82, 2.24) is 0 Å². The van der Waals surface area contributed by atoms with Gasteiger partial charge in [-0.1, -0.05) is 23.7 Å². The van der Waals surface area contributed by atoms with Crippen LogP contribution < -0.4 is 0 Å². The average Bonchev–Trinajstić information content (AvgIpc) is 2.81. The van der Waals surface area contributed by atoms with Gasteiger partial charge < -0.3 is 5.11 Å². The molecule has 1 heterocycles. The third-order valence-electron chi connectivity index (χ3n) is 3.66. The molecule has 0 bridgehead atoms. The molecule has 0 aliphatic carbocycles. The number of benzene rings is 1. The summed E-state index contributed by atoms with van der Waals surface area (Å²) in [6, 6.07) is 6.03. The first kappa shape index (κ1) is 14.7. The van der Waals surface area contributed by atoms with Crippen molar-refractivity contribution in [2.24, 2.45) is 5.41 Å². The molecule has 1 aromatic rings. The lowest BCUT2D eigenvalue weighted by molar-refractivity contribution is -0.146. The van der Waals surface area contributed by atoms with Gasteiger partial charge in [-0.2, -0.15) is 11.8 Å². The van der Waals surface area contributed by atoms with Gasteiger partial charge in [-0.15, -0.1) is 0 Å². The Balaban J connectivity index is 2.17. The average molecular weight is 299 g/mol. The SMILES string of the molecule is CC(C)(Cc1ccc(C2CCSC2)c(Cl)c1)C(=O)O. The van der Waals surface area contributed by atoms with Crippen LogP contribution in [0.15, 0.2) is 18.2 Å². The summed E-state index contributed by atoms with van der Waals surface area (Å²) in [4.78, 5) is 11.2. The van der Waals surface area contributed by atoms with Gasteiger partial charge in [0, 0.05) is 10.8 Å². The lowest BCUT2D eigenvalue weighted by Crippen LogP contribution is -2.26. The summed E-state index contributed by atoms with van der Waals surface area (Å²) in [5, 5.41) is 9.95. The van der Waals surface area contributed by atoms with Gasteiger partial charge in [0.05, 0.1) is 5.41 Å². The Labute approximate surface area is 123 Å². The fourth-order valence-electron chi connectivity index (χ4n) is 2.38. The summed E-state index contributed by atoms with van der Waals surface area (Å²) in [6.07, 6.45) is 1.69. The predicted molar refractivity (Wildman–Crippen MR) is 81.3 cm³/mol. The van der Waals surface area contributed by atoms with Gasteiger partial charge in [0.15, 0.2) is 0 Å². The van der Waals surface area contributed by atoms with Crippen molar-refractivity contribution in [2.45, 2.75) is 32.6 Å². The molecular weight excluding hydrogens is 280 g/mol. The maximum Gasteiger partial charge on any atom is 0.309 e. The molecule has 1 fully saturated rings. The number of hydrogen-bond acceptors (Lipinski definition) is 2. The van der Waals surface area contributed by atoms with E-state index in [9.17, 15) is 4.79 Å². The first-order valence-electron chi connectivity index (χ1n) is 6.49. The molecule has 1 aromatic carbocycles. The lowest BCUT2D eigenvalue weighted by atomic mass is 9.85. The first-order valence-corrected chi connectivity index (χ1v) is 8.03. The standard InChI is InChI=1S/C15H19ClO2S/c1-15(2,14(17)18)8-10-3-4-12(13(16)7-10)11-5-6-19-9-11/h3-4,7,11H,5-6,8-9H2,1-2H3,(H,17,18). The van der Waals surface area contributed by atoms with E-state index in [0.29, 0.717) is 12.3 Å². The second-order valence-electron chi connectivity index (χ2n) is 5.78. The zero-order valence-electron chi connectivity index (χ0n) is 11.3. The lowest BCUT2D eigenvalue weighted by Gasteiger charge is -2.20. The molecule has 1 N–H and O–H groups in total. The van der Waals surface area contributed by atoms with Crippen molar-refractivity contribution in [3.8, 4) is 0 Å². The van der Waals surface area contributed by atoms with E-state index >= 15 is 0 Å². The highest BCUT2D eigenvalue weighted by molar-refractivity contribution is 7.99. The molecule has 4 heteroatoms. The molecule has 1 saturated heterocycles. The van der Waals surface area contributed by atoms with E-state index in [1.807, 2.05) is 23.9 Å². The summed E-state index contributed by atoms with van der Waals surface area (Å²) in [7, 11) is 0. The van der Waals surface area contributed by atoms with Gasteiger partial charge >= 0.3 is 5.97 Å². The van der Waals surface area contributed by atoms with Crippen LogP contribution in [-0.2, 0) is 11.2 Å². The molecule has 19 heavy (non-hydrogen) atoms. The van der Waals surface area contributed by atoms with Crippen LogP contribution in [0.5, 0.6) is 0 Å². The van der Waals surface area contributed by atoms with Gasteiger partial charge in [0.1, 0.15) is 0 Å². The second-order valence-corrected chi connectivity index (χ2v) is 7.34. The van der Waals surface area contributed by atoms with Gasteiger partial charge in [0.2, 0.25) is 0 Å². The Morgan fingerprint density at radius 2 is 2.26 bits per heavy atom. The summed E-state index contributed by atoms with van der Waals surface area (Å²) in [6.45, 7) is 3.48. The quantitative estimate of drug-likeness (QED) is 0.904. The minimum atomic E-state index is -0.778. The number of carboxylic acids is 1. The summed E-state index contributed by atoms with van der Waals surface area (Å²) >= 11 is 8.33. The van der Waals surface area contributed by atoms with Gasteiger partial charge in [-0.25, -0.2) is 0 Å². The molecule has 1 aliphatic rings. The van der Waals surface area contributed by atoms with E-state index in [4.69, 9.17) is 16.7 Å². The Morgan fingerprint density at radius 3 is 2.79 bits per heavy atom. The topological polar surface area (TPSA) is 37.3 Å². The molecule has 0 aromatic heterocycles. The van der Waals surface area contributed by atoms with E-state index in [1.54, 1.807) is 13.8 Å². The second kappa shape index (κ2) is 5.76. The molecule has 1 atom stereocenters. The number of hydrogen-bond donors (Lipinski definition) is 1. The minimum Gasteiger partial charge on any atom is -0.481 e. The summed E-state index contributed by atoms with van der Waals surface area (Å²) in [5.41, 5.74) is 1.45. The van der Waals surface area contributed by atoms with E-state index < -0.39 is 11.4 Å². The molecule has 0 amide bonds. The van der Waals surface area contributed by atoms with Crippen LogP contribution in [0, 0.1) is 5.41 Å². The van der Waals surface area contributed by atoms with Gasteiger partial charge in [-0.3, -0.25) is 4.79 Å². The predicted octanol–water partition coefficient (Wildman–Crippen LogP) is 4.21. The Hall–Kier alpha value is -0.670. The van der Waals surface area contributed by atoms with Crippen LogP contribution in [0.25, 0.3) is 0 Å². The molecule has 0 radical (unpaired) electrons. The van der Waals surface area contributed by atoms with E-state index in [0.717, 1.165) is 16.3 Å². The van der Waals surface area contributed by atoms with Crippen LogP contribution in [0.1, 0.15) is 37.3 Å². The Morgan fingerprint density at radius 1 is 1.53 bits per heavy atom. The smallest absolute Gasteiger partial charge is 0.309 e. The van der Waals surface area contributed by atoms with Crippen LogP contribution in [-0.4, -0.2) is 22.6 Å². The molecule has 1 aliphatic heterocycles. The summed E-state index contributed by atoms with van der Waals surface area (Å²) < 4.78 is 0. The maximum absolute atomic E-state index is 11.2. The number of thioether (sulfide) groups is 1. The summed E-state index contributed by atoms with van der Waals surface area (Å²) in [5.74, 6) is 2.12. The molecule has 0 saturated carbocycles. The molecular formula is C15H19ClO2S. The van der Waals surface area contributed by atoms with Crippen molar-refractivity contribution in [3.63, 3.8) is 0 Å². The van der Waals surface area contributed by atoms with Crippen molar-refractivity contribution in [1.29, 1.82) is 0 Å². The molecule has 0 spiro atoms. The Bertz CT molecular complexity index is 479. The van der Waals surface area contributed by atoms with Crippen molar-refractivity contribution in [3.05, 3.63) is 34.3 Å². The van der Waals surface area contributed by atoms with E-state index in [1.165, 1.54) is 17.7 Å². The van der Waals surface area contributed by atoms with Crippen molar-refractivity contribution >= 4 is 29.3 Å². The number of rotatable bonds is 4. The van der Waals surface area contributed by atoms with Crippen LogP contribution in [0.2, 0.25) is 5.02 Å². The molecule has 1 unspecified atom stereocenters. The minimum absolute atomic E-state index is 0.502. The molecule has 2 nitrogen and oxygen atoms in total. The fourth-order valence-corrected chi connectivity index (χ4v) is 3.98. The largest absolute Gasteiger partial charge is 0.481 e. The maximum atomic E-state index is 11.2. The van der Waals surface area contributed by atoms with E-state index in [2.05, 4.69) is 6.07 Å². The zero-order chi connectivity index (χ0) is 14.0. The monoisotopic (exact) mass is 298 g/mol. The van der Waals surface area contributed by atoms with E-state index in [-0.39, 0.29) is 0 Å². The fraction of sp³-hybridized carbons (Fsp3) is 0.533. The molecule has 2 rings (SSSR count). The van der Waals surface area contributed by atoms with Crippen molar-refractivity contribution in [2.75, 3.05) is 11.5 Å². The first-order chi connectivity index (χ1) is 8.90. The highest BCUT2D eigenvalue weighted by atomic mass is 35.5. The Kier molecular flexibility index (Phi) is 4.46. The van der Waals surface area contributed by atoms with Crippen molar-refractivity contribution < 1.29 is 9.90 Å². The zero-order valence-corrected chi connectivity index (χ0v) is 12.9. The number of carboxylic acid groups (broad SMARTS) is 1. The van der Waals surface area contributed by atoms with Gasteiger partial charge in [0.25, 0.3) is 0 Å². The van der Waals surface area contributed by atoms with Gasteiger partial charge in [-0.05, 0) is 55.6 Å². The third kappa shape index (κ3) is 3.46. The van der Waals surface area contributed by atoms with Crippen LogP contribution in [0.3, 0.4) is 0 Å². The van der Waals surface area contributed by atoms with Crippen LogP contribution in [0.4, 0.5) is 0 Å². The highest BCUT2D eigenvalue weighted by Gasteiger charge is 2.28. The van der Waals surface area contributed by atoms with Crippen LogP contribution >= 0.6 is 23.4 Å². The molecule has 104 valence electrons. The number of halogens is 1. The number of aliphatic carboxylic acids is 1.